The van der Waals surface area contributed by atoms with Gasteiger partial charge < -0.3 is 25.4 Å². The Morgan fingerprint density at radius 1 is 1.50 bits per heavy atom. The number of rotatable bonds is 9. The third kappa shape index (κ3) is 4.78. The number of carbonyl (C=O) groups excluding carboxylic acids is 1. The molecule has 154 valence electrons. The van der Waals surface area contributed by atoms with Crippen LogP contribution >= 0.6 is 0 Å². The molecular formula is C16H24N6O6. The first-order valence-electron chi connectivity index (χ1n) is 8.95. The molecule has 0 bridgehead atoms. The predicted octanol–water partition coefficient (Wildman–Crippen LogP) is 0.596. The van der Waals surface area contributed by atoms with Crippen LogP contribution in [-0.4, -0.2) is 50.3 Å². The molecule has 0 aromatic carbocycles. The Kier molecular flexibility index (Phi) is 7.35. The highest BCUT2D eigenvalue weighted by molar-refractivity contribution is 5.69. The van der Waals surface area contributed by atoms with Gasteiger partial charge in [-0.2, -0.15) is 4.98 Å². The van der Waals surface area contributed by atoms with Crippen molar-refractivity contribution in [1.29, 1.82) is 0 Å². The maximum absolute atomic E-state index is 12.0. The van der Waals surface area contributed by atoms with Crippen LogP contribution in [0.25, 0.3) is 10.4 Å². The first-order valence-corrected chi connectivity index (χ1v) is 8.95. The largest absolute Gasteiger partial charge is 0.462 e. The van der Waals surface area contributed by atoms with Crippen LogP contribution in [0.2, 0.25) is 0 Å². The van der Waals surface area contributed by atoms with E-state index in [0.29, 0.717) is 6.42 Å². The Hall–Kier alpha value is -2.66. The number of aromatic nitrogens is 2. The smallest absolute Gasteiger partial charge is 0.351 e. The van der Waals surface area contributed by atoms with Gasteiger partial charge in [0, 0.05) is 17.5 Å². The van der Waals surface area contributed by atoms with E-state index >= 15 is 0 Å². The van der Waals surface area contributed by atoms with Crippen molar-refractivity contribution in [2.45, 2.75) is 63.2 Å². The molecule has 28 heavy (non-hydrogen) atoms. The van der Waals surface area contributed by atoms with Crippen LogP contribution in [0.1, 0.15) is 45.3 Å². The molecule has 2 unspecified atom stereocenters. The van der Waals surface area contributed by atoms with Crippen molar-refractivity contribution in [2.24, 2.45) is 5.11 Å². The number of nitrogens with two attached hydrogens (primary N) is 1. The molecule has 1 aromatic rings. The van der Waals surface area contributed by atoms with Crippen LogP contribution in [0, 0.1) is 0 Å². The van der Waals surface area contributed by atoms with E-state index in [9.17, 15) is 19.8 Å². The maximum Gasteiger partial charge on any atom is 0.351 e. The van der Waals surface area contributed by atoms with Crippen LogP contribution < -0.4 is 11.4 Å². The monoisotopic (exact) mass is 396 g/mol. The van der Waals surface area contributed by atoms with Gasteiger partial charge in [-0.3, -0.25) is 9.36 Å². The van der Waals surface area contributed by atoms with E-state index in [1.165, 1.54) is 12.3 Å². The number of hydrogen-bond acceptors (Lipinski definition) is 9. The van der Waals surface area contributed by atoms with E-state index in [4.69, 9.17) is 20.7 Å². The van der Waals surface area contributed by atoms with E-state index in [1.54, 1.807) is 0 Å². The Bertz CT molecular complexity index is 794. The summed E-state index contributed by atoms with van der Waals surface area (Å²) in [4.78, 5) is 30.0. The highest BCUT2D eigenvalue weighted by Crippen LogP contribution is 2.38. The highest BCUT2D eigenvalue weighted by Gasteiger charge is 2.56. The lowest BCUT2D eigenvalue weighted by molar-refractivity contribution is -0.165. The average molecular weight is 396 g/mol. The number of carbonyl (C=O) groups is 1. The molecule has 0 aliphatic carbocycles. The van der Waals surface area contributed by atoms with Crippen LogP contribution in [-0.2, 0) is 14.3 Å². The minimum absolute atomic E-state index is 0.0346. The molecule has 4 atom stereocenters. The standard InChI is InChI=1S/C16H24N6O6/c1-2-3-4-5-6-11(23)27-9-16(20-21-18)13(25)12(24)14(28-16)22-8-7-10(17)19-15(22)26/h7-8,12-14,24-25H,2-6,9H2,1H3,(H2,17,19,26)/t12-,13?,14?,16+/m1/s1. The summed E-state index contributed by atoms with van der Waals surface area (Å²) in [5.41, 5.74) is 11.4. The second-order valence-electron chi connectivity index (χ2n) is 6.49. The number of unbranched alkanes of at least 4 members (excludes halogenated alkanes) is 3. The summed E-state index contributed by atoms with van der Waals surface area (Å²) in [7, 11) is 0. The van der Waals surface area contributed by atoms with Crippen molar-refractivity contribution in [2.75, 3.05) is 12.3 Å². The first kappa shape index (κ1) is 21.6. The third-order valence-corrected chi connectivity index (χ3v) is 4.42. The molecule has 1 aromatic heterocycles. The zero-order valence-corrected chi connectivity index (χ0v) is 15.5. The summed E-state index contributed by atoms with van der Waals surface area (Å²) >= 11 is 0. The van der Waals surface area contributed by atoms with E-state index in [2.05, 4.69) is 15.0 Å². The van der Waals surface area contributed by atoms with Gasteiger partial charge in [-0.1, -0.05) is 31.3 Å². The van der Waals surface area contributed by atoms with Crippen molar-refractivity contribution in [1.82, 2.24) is 9.55 Å². The Morgan fingerprint density at radius 3 is 2.89 bits per heavy atom. The fourth-order valence-electron chi connectivity index (χ4n) is 2.87. The first-order chi connectivity index (χ1) is 13.3. The average Bonchev–Trinajstić information content (AvgIpc) is 2.90. The summed E-state index contributed by atoms with van der Waals surface area (Å²) in [6.45, 7) is 1.43. The fraction of sp³-hybridized carbons (Fsp3) is 0.688. The second kappa shape index (κ2) is 9.51. The van der Waals surface area contributed by atoms with Gasteiger partial charge in [0.1, 0.15) is 24.6 Å². The number of esters is 1. The van der Waals surface area contributed by atoms with E-state index in [-0.39, 0.29) is 12.2 Å². The molecule has 12 heteroatoms. The maximum atomic E-state index is 12.0. The number of azide groups is 1. The van der Waals surface area contributed by atoms with Crippen molar-refractivity contribution in [3.63, 3.8) is 0 Å². The van der Waals surface area contributed by atoms with E-state index in [0.717, 1.165) is 23.8 Å². The molecule has 1 aliphatic rings. The Morgan fingerprint density at radius 2 is 2.25 bits per heavy atom. The van der Waals surface area contributed by atoms with Gasteiger partial charge in [0.2, 0.25) is 5.72 Å². The SMILES string of the molecule is CCCCCCC(=O)OC[C@]1(N=[N+]=[N-])OC(n2ccc(N)nc2=O)[C@H](O)C1O. The molecular weight excluding hydrogens is 372 g/mol. The number of aliphatic hydroxyl groups excluding tert-OH is 2. The van der Waals surface area contributed by atoms with Gasteiger partial charge in [-0.15, -0.1) is 0 Å². The molecule has 0 saturated carbocycles. The number of nitrogens with zero attached hydrogens (tertiary/aromatic N) is 5. The van der Waals surface area contributed by atoms with E-state index < -0.39 is 42.4 Å². The fourth-order valence-corrected chi connectivity index (χ4v) is 2.87. The zero-order chi connectivity index (χ0) is 20.7. The third-order valence-electron chi connectivity index (χ3n) is 4.42. The number of hydrogen-bond donors (Lipinski definition) is 3. The molecule has 2 rings (SSSR count). The van der Waals surface area contributed by atoms with Gasteiger partial charge in [0.15, 0.2) is 6.23 Å². The van der Waals surface area contributed by atoms with Crippen LogP contribution in [0.5, 0.6) is 0 Å². The van der Waals surface area contributed by atoms with Gasteiger partial charge in [0.25, 0.3) is 0 Å². The van der Waals surface area contributed by atoms with Crippen molar-refractivity contribution >= 4 is 11.8 Å². The normalized spacial score (nSPS) is 26.6. The molecule has 1 saturated heterocycles. The number of ether oxygens (including phenoxy) is 2. The number of nitrogen functional groups attached to an aromatic ring is 1. The summed E-state index contributed by atoms with van der Waals surface area (Å²) in [5.74, 6) is -0.587. The zero-order valence-electron chi connectivity index (χ0n) is 15.5. The quantitative estimate of drug-likeness (QED) is 0.178. The number of aliphatic hydroxyl groups is 2. The molecule has 2 heterocycles. The summed E-state index contributed by atoms with van der Waals surface area (Å²) < 4.78 is 11.5. The molecule has 12 nitrogen and oxygen atoms in total. The molecule has 4 N–H and O–H groups in total. The Balaban J connectivity index is 2.13. The van der Waals surface area contributed by atoms with Crippen LogP contribution in [0.3, 0.4) is 0 Å². The lowest BCUT2D eigenvalue weighted by atomic mass is 10.1. The minimum Gasteiger partial charge on any atom is -0.462 e. The predicted molar refractivity (Wildman–Crippen MR) is 96.6 cm³/mol. The number of anilines is 1. The van der Waals surface area contributed by atoms with Gasteiger partial charge in [0.05, 0.1) is 0 Å². The molecule has 0 spiro atoms. The summed E-state index contributed by atoms with van der Waals surface area (Å²) in [6, 6.07) is 1.30. The van der Waals surface area contributed by atoms with Crippen molar-refractivity contribution < 1.29 is 24.5 Å². The van der Waals surface area contributed by atoms with Gasteiger partial charge >= 0.3 is 11.7 Å². The molecule has 1 fully saturated rings. The molecule has 0 radical (unpaired) electrons. The Labute approximate surface area is 160 Å². The van der Waals surface area contributed by atoms with Gasteiger partial charge in [-0.25, -0.2) is 4.79 Å². The van der Waals surface area contributed by atoms with E-state index in [1.807, 2.05) is 6.92 Å². The van der Waals surface area contributed by atoms with Crippen molar-refractivity contribution in [3.05, 3.63) is 33.2 Å². The van der Waals surface area contributed by atoms with Crippen molar-refractivity contribution in [3.8, 4) is 0 Å². The minimum atomic E-state index is -2.08. The van der Waals surface area contributed by atoms with Crippen LogP contribution in [0.15, 0.2) is 22.2 Å². The summed E-state index contributed by atoms with van der Waals surface area (Å²) in [5, 5.41) is 24.1. The molecule has 1 aliphatic heterocycles. The lowest BCUT2D eigenvalue weighted by Gasteiger charge is -2.26. The topological polar surface area (TPSA) is 186 Å². The lowest BCUT2D eigenvalue weighted by Crippen LogP contribution is -2.45. The van der Waals surface area contributed by atoms with Gasteiger partial charge in [-0.05, 0) is 18.0 Å². The molecule has 0 amide bonds. The second-order valence-corrected chi connectivity index (χ2v) is 6.49. The van der Waals surface area contributed by atoms with Crippen LogP contribution in [0.4, 0.5) is 5.82 Å². The summed E-state index contributed by atoms with van der Waals surface area (Å²) in [6.07, 6.45) is 0.117. The highest BCUT2D eigenvalue weighted by atomic mass is 16.6.